The zero-order chi connectivity index (χ0) is 14.8. The maximum absolute atomic E-state index is 11.4. The number of nitrogens with one attached hydrogen (secondary N) is 2. The van der Waals surface area contributed by atoms with Crippen LogP contribution in [0.2, 0.25) is 0 Å². The molecule has 0 fully saturated rings. The minimum Gasteiger partial charge on any atom is -0.495 e. The van der Waals surface area contributed by atoms with Gasteiger partial charge >= 0.3 is 0 Å². The highest BCUT2D eigenvalue weighted by Gasteiger charge is 2.03. The van der Waals surface area contributed by atoms with Gasteiger partial charge < -0.3 is 21.1 Å². The molecule has 1 amide bonds. The largest absolute Gasteiger partial charge is 0.495 e. The van der Waals surface area contributed by atoms with Crippen molar-refractivity contribution in [2.75, 3.05) is 25.5 Å². The van der Waals surface area contributed by atoms with Gasteiger partial charge in [0.1, 0.15) is 5.75 Å². The van der Waals surface area contributed by atoms with Gasteiger partial charge in [-0.2, -0.15) is 0 Å². The van der Waals surface area contributed by atoms with Gasteiger partial charge in [0.25, 0.3) is 0 Å². The van der Waals surface area contributed by atoms with Crippen LogP contribution < -0.4 is 21.1 Å². The molecule has 0 aliphatic heterocycles. The maximum atomic E-state index is 11.4. The second kappa shape index (κ2) is 8.79. The number of carbonyl (C=O) groups excluding carboxylic acids is 1. The van der Waals surface area contributed by atoms with E-state index in [1.54, 1.807) is 7.11 Å². The van der Waals surface area contributed by atoms with Crippen LogP contribution in [-0.4, -0.2) is 32.1 Å². The number of rotatable bonds is 7. The van der Waals surface area contributed by atoms with Crippen molar-refractivity contribution < 1.29 is 9.53 Å². The van der Waals surface area contributed by atoms with Gasteiger partial charge in [-0.05, 0) is 18.6 Å². The monoisotopic (exact) mass is 278 g/mol. The highest BCUT2D eigenvalue weighted by atomic mass is 16.5. The van der Waals surface area contributed by atoms with Crippen molar-refractivity contribution in [2.45, 2.75) is 19.8 Å². The molecule has 1 rings (SSSR count). The number of carbonyl (C=O) groups is 1. The van der Waals surface area contributed by atoms with E-state index in [-0.39, 0.29) is 11.9 Å². The van der Waals surface area contributed by atoms with Crippen molar-refractivity contribution in [1.82, 2.24) is 5.32 Å². The third kappa shape index (κ3) is 5.60. The van der Waals surface area contributed by atoms with E-state index in [1.807, 2.05) is 31.2 Å². The zero-order valence-electron chi connectivity index (χ0n) is 12.0. The molecule has 0 atom stereocenters. The average Bonchev–Trinajstić information content (AvgIpc) is 2.45. The molecule has 1 aromatic rings. The number of methoxy groups -OCH3 is 1. The van der Waals surface area contributed by atoms with Gasteiger partial charge in [0.15, 0.2) is 5.96 Å². The fourth-order valence-electron chi connectivity index (χ4n) is 1.56. The number of hydrogen-bond donors (Lipinski definition) is 3. The first-order chi connectivity index (χ1) is 9.67. The van der Waals surface area contributed by atoms with Gasteiger partial charge in [-0.25, -0.2) is 0 Å². The number of nitrogens with zero attached hydrogens (tertiary/aromatic N) is 1. The molecule has 0 aromatic heterocycles. The summed E-state index contributed by atoms with van der Waals surface area (Å²) in [5, 5.41) is 5.73. The molecule has 20 heavy (non-hydrogen) atoms. The van der Waals surface area contributed by atoms with E-state index in [0.29, 0.717) is 25.3 Å². The average molecular weight is 278 g/mol. The topological polar surface area (TPSA) is 88.7 Å². The molecular formula is C14H22N4O2. The third-order valence-electron chi connectivity index (χ3n) is 2.56. The van der Waals surface area contributed by atoms with E-state index in [4.69, 9.17) is 10.5 Å². The van der Waals surface area contributed by atoms with Crippen LogP contribution in [0.5, 0.6) is 5.75 Å². The number of amides is 1. The molecule has 110 valence electrons. The van der Waals surface area contributed by atoms with E-state index in [9.17, 15) is 4.79 Å². The highest BCUT2D eigenvalue weighted by molar-refractivity contribution is 5.93. The van der Waals surface area contributed by atoms with E-state index >= 15 is 0 Å². The van der Waals surface area contributed by atoms with Crippen LogP contribution in [0.3, 0.4) is 0 Å². The number of nitrogens with two attached hydrogens (primary N) is 1. The second-order valence-electron chi connectivity index (χ2n) is 4.19. The first-order valence-corrected chi connectivity index (χ1v) is 6.64. The van der Waals surface area contributed by atoms with E-state index < -0.39 is 0 Å². The van der Waals surface area contributed by atoms with Crippen molar-refractivity contribution >= 4 is 17.6 Å². The Morgan fingerprint density at radius 1 is 1.40 bits per heavy atom. The number of hydrogen-bond acceptors (Lipinski definition) is 3. The quantitative estimate of drug-likeness (QED) is 0.518. The molecule has 0 spiro atoms. The lowest BCUT2D eigenvalue weighted by molar-refractivity contribution is -0.120. The van der Waals surface area contributed by atoms with E-state index in [2.05, 4.69) is 15.6 Å². The summed E-state index contributed by atoms with van der Waals surface area (Å²) < 4.78 is 5.20. The Bertz CT molecular complexity index is 460. The van der Waals surface area contributed by atoms with Crippen molar-refractivity contribution in [3.8, 4) is 5.75 Å². The van der Waals surface area contributed by atoms with Crippen LogP contribution in [0.15, 0.2) is 29.3 Å². The van der Waals surface area contributed by atoms with Crippen LogP contribution in [-0.2, 0) is 4.79 Å². The van der Waals surface area contributed by atoms with Crippen LogP contribution in [0, 0.1) is 0 Å². The minimum atomic E-state index is -0.0132. The molecule has 0 aliphatic carbocycles. The summed E-state index contributed by atoms with van der Waals surface area (Å²) in [5.74, 6) is 0.935. The molecule has 6 nitrogen and oxygen atoms in total. The van der Waals surface area contributed by atoms with Crippen LogP contribution in [0.1, 0.15) is 19.8 Å². The number of anilines is 1. The van der Waals surface area contributed by atoms with Crippen molar-refractivity contribution in [1.29, 1.82) is 0 Å². The molecular weight excluding hydrogens is 256 g/mol. The number of para-hydroxylation sites is 2. The van der Waals surface area contributed by atoms with Gasteiger partial charge in [-0.3, -0.25) is 9.79 Å². The Hall–Kier alpha value is -2.24. The number of aliphatic imine (C=N–C) groups is 1. The van der Waals surface area contributed by atoms with Crippen LogP contribution in [0.4, 0.5) is 5.69 Å². The normalized spacial score (nSPS) is 11.0. The van der Waals surface area contributed by atoms with Crippen LogP contribution in [0.25, 0.3) is 0 Å². The predicted octanol–water partition coefficient (Wildman–Crippen LogP) is 1.34. The van der Waals surface area contributed by atoms with E-state index in [0.717, 1.165) is 12.1 Å². The maximum Gasteiger partial charge on any atom is 0.221 e. The lowest BCUT2D eigenvalue weighted by Crippen LogP contribution is -2.26. The molecule has 6 heteroatoms. The fraction of sp³-hybridized carbons (Fsp3) is 0.429. The van der Waals surface area contributed by atoms with Gasteiger partial charge in [0.2, 0.25) is 5.91 Å². The molecule has 0 radical (unpaired) electrons. The highest BCUT2D eigenvalue weighted by Crippen LogP contribution is 2.22. The summed E-state index contributed by atoms with van der Waals surface area (Å²) >= 11 is 0. The zero-order valence-corrected chi connectivity index (χ0v) is 12.0. The van der Waals surface area contributed by atoms with Crippen LogP contribution >= 0.6 is 0 Å². The predicted molar refractivity (Wildman–Crippen MR) is 81.0 cm³/mol. The summed E-state index contributed by atoms with van der Waals surface area (Å²) in [6.07, 6.45) is 1.25. The number of benzene rings is 1. The molecule has 1 aromatic carbocycles. The molecule has 4 N–H and O–H groups in total. The number of ether oxygens (including phenoxy) is 1. The van der Waals surface area contributed by atoms with Crippen molar-refractivity contribution in [3.63, 3.8) is 0 Å². The van der Waals surface area contributed by atoms with Gasteiger partial charge in [-0.1, -0.05) is 19.1 Å². The van der Waals surface area contributed by atoms with Gasteiger partial charge in [0, 0.05) is 13.0 Å². The molecule has 0 saturated carbocycles. The third-order valence-corrected chi connectivity index (χ3v) is 2.56. The van der Waals surface area contributed by atoms with E-state index in [1.165, 1.54) is 0 Å². The minimum absolute atomic E-state index is 0.0132. The Morgan fingerprint density at radius 2 is 2.15 bits per heavy atom. The molecule has 0 heterocycles. The lowest BCUT2D eigenvalue weighted by Gasteiger charge is -2.10. The summed E-state index contributed by atoms with van der Waals surface area (Å²) in [6, 6.07) is 7.41. The Morgan fingerprint density at radius 3 is 2.85 bits per heavy atom. The second-order valence-corrected chi connectivity index (χ2v) is 4.19. The van der Waals surface area contributed by atoms with Crippen molar-refractivity contribution in [2.24, 2.45) is 10.7 Å². The molecule has 0 saturated heterocycles. The summed E-state index contributed by atoms with van der Waals surface area (Å²) in [7, 11) is 1.59. The first-order valence-electron chi connectivity index (χ1n) is 6.64. The summed E-state index contributed by atoms with van der Waals surface area (Å²) in [6.45, 7) is 3.05. The Kier molecular flexibility index (Phi) is 6.95. The molecule has 0 bridgehead atoms. The molecule has 0 aliphatic rings. The SMILES string of the molecule is CCCNC(=O)CCN=C(N)Nc1ccccc1OC. The summed E-state index contributed by atoms with van der Waals surface area (Å²) in [5.41, 5.74) is 6.51. The Balaban J connectivity index is 2.43. The number of guanidine groups is 1. The smallest absolute Gasteiger partial charge is 0.221 e. The standard InChI is InChI=1S/C14H22N4O2/c1-3-9-16-13(19)8-10-17-14(15)18-11-6-4-5-7-12(11)20-2/h4-7H,3,8-10H2,1-2H3,(H,16,19)(H3,15,17,18). The summed E-state index contributed by atoms with van der Waals surface area (Å²) in [4.78, 5) is 15.5. The Labute approximate surface area is 119 Å². The van der Waals surface area contributed by atoms with Crippen molar-refractivity contribution in [3.05, 3.63) is 24.3 Å². The lowest BCUT2D eigenvalue weighted by atomic mass is 10.3. The van der Waals surface area contributed by atoms with Gasteiger partial charge in [0.05, 0.1) is 19.3 Å². The first kappa shape index (κ1) is 15.8. The molecule has 0 unspecified atom stereocenters. The van der Waals surface area contributed by atoms with Gasteiger partial charge in [-0.15, -0.1) is 0 Å². The fourth-order valence-corrected chi connectivity index (χ4v) is 1.56.